The quantitative estimate of drug-likeness (QED) is 0.642. The van der Waals surface area contributed by atoms with Crippen LogP contribution in [-0.2, 0) is 9.53 Å². The van der Waals surface area contributed by atoms with Gasteiger partial charge in [0.05, 0.1) is 27.9 Å². The molecule has 0 bridgehead atoms. The zero-order valence-corrected chi connectivity index (χ0v) is 17.1. The first-order valence-electron chi connectivity index (χ1n) is 9.38. The molecule has 1 N–H and O–H groups in total. The molecule has 0 aromatic heterocycles. The Morgan fingerprint density at radius 1 is 1.04 bits per heavy atom. The normalized spacial score (nSPS) is 14.5. The van der Waals surface area contributed by atoms with Gasteiger partial charge in [0.1, 0.15) is 0 Å². The van der Waals surface area contributed by atoms with Gasteiger partial charge in [-0.2, -0.15) is 0 Å². The van der Waals surface area contributed by atoms with Crippen LogP contribution in [0.1, 0.15) is 29.6 Å². The van der Waals surface area contributed by atoms with Crippen LogP contribution in [0.5, 0.6) is 17.2 Å². The van der Waals surface area contributed by atoms with Crippen molar-refractivity contribution in [2.24, 2.45) is 5.92 Å². The summed E-state index contributed by atoms with van der Waals surface area (Å²) in [5.74, 6) is 1.60. The summed E-state index contributed by atoms with van der Waals surface area (Å²) in [6, 6.07) is 3.33. The predicted molar refractivity (Wildman–Crippen MR) is 104 cm³/mol. The van der Waals surface area contributed by atoms with Crippen molar-refractivity contribution >= 4 is 11.8 Å². The van der Waals surface area contributed by atoms with Crippen molar-refractivity contribution in [3.8, 4) is 17.2 Å². The third kappa shape index (κ3) is 5.51. The number of carbonyl (C=O) groups excluding carboxylic acids is 2. The minimum Gasteiger partial charge on any atom is -0.493 e. The molecule has 8 heteroatoms. The summed E-state index contributed by atoms with van der Waals surface area (Å²) in [5, 5.41) is 2.84. The maximum absolute atomic E-state index is 12.9. The number of hydrogen-bond donors (Lipinski definition) is 1. The van der Waals surface area contributed by atoms with Gasteiger partial charge >= 0.3 is 0 Å². The van der Waals surface area contributed by atoms with E-state index in [0.717, 1.165) is 12.8 Å². The summed E-state index contributed by atoms with van der Waals surface area (Å²) in [5.41, 5.74) is 0.491. The summed E-state index contributed by atoms with van der Waals surface area (Å²) in [4.78, 5) is 26.7. The van der Waals surface area contributed by atoms with Crippen LogP contribution in [0.4, 0.5) is 0 Å². The van der Waals surface area contributed by atoms with Crippen LogP contribution < -0.4 is 19.5 Å². The fourth-order valence-corrected chi connectivity index (χ4v) is 3.35. The van der Waals surface area contributed by atoms with Gasteiger partial charge in [-0.15, -0.1) is 0 Å². The summed E-state index contributed by atoms with van der Waals surface area (Å²) in [7, 11) is 6.17. The maximum Gasteiger partial charge on any atom is 0.254 e. The van der Waals surface area contributed by atoms with Crippen LogP contribution in [0.2, 0.25) is 0 Å². The number of amides is 2. The molecule has 0 spiro atoms. The van der Waals surface area contributed by atoms with Crippen molar-refractivity contribution in [3.63, 3.8) is 0 Å². The third-order valence-corrected chi connectivity index (χ3v) is 4.92. The zero-order valence-electron chi connectivity index (χ0n) is 17.1. The minimum atomic E-state index is -0.0813. The molecule has 1 aliphatic heterocycles. The first-order valence-corrected chi connectivity index (χ1v) is 9.38. The van der Waals surface area contributed by atoms with Crippen LogP contribution in [0.25, 0.3) is 0 Å². The second-order valence-electron chi connectivity index (χ2n) is 6.70. The van der Waals surface area contributed by atoms with E-state index in [9.17, 15) is 9.59 Å². The molecule has 8 nitrogen and oxygen atoms in total. The Labute approximate surface area is 166 Å². The molecule has 156 valence electrons. The highest BCUT2D eigenvalue weighted by molar-refractivity contribution is 5.95. The van der Waals surface area contributed by atoms with Gasteiger partial charge in [-0.3, -0.25) is 9.59 Å². The zero-order chi connectivity index (χ0) is 20.5. The van der Waals surface area contributed by atoms with Crippen LogP contribution in [0, 0.1) is 5.92 Å². The first kappa shape index (κ1) is 21.8. The highest BCUT2D eigenvalue weighted by Crippen LogP contribution is 2.38. The van der Waals surface area contributed by atoms with Gasteiger partial charge in [-0.05, 0) is 30.9 Å². The molecule has 0 aliphatic carbocycles. The smallest absolute Gasteiger partial charge is 0.254 e. The lowest BCUT2D eigenvalue weighted by atomic mass is 9.93. The van der Waals surface area contributed by atoms with Crippen molar-refractivity contribution in [1.29, 1.82) is 0 Å². The van der Waals surface area contributed by atoms with E-state index in [1.165, 1.54) is 21.3 Å². The number of methoxy groups -OCH3 is 4. The van der Waals surface area contributed by atoms with Crippen molar-refractivity contribution in [3.05, 3.63) is 17.7 Å². The largest absolute Gasteiger partial charge is 0.493 e. The van der Waals surface area contributed by atoms with Crippen LogP contribution in [0.15, 0.2) is 12.1 Å². The summed E-state index contributed by atoms with van der Waals surface area (Å²) >= 11 is 0. The molecule has 28 heavy (non-hydrogen) atoms. The molecule has 1 aromatic rings. The Morgan fingerprint density at radius 2 is 1.64 bits per heavy atom. The van der Waals surface area contributed by atoms with E-state index in [0.29, 0.717) is 55.5 Å². The molecule has 2 rings (SSSR count). The summed E-state index contributed by atoms with van der Waals surface area (Å²) in [6.45, 7) is 2.26. The molecule has 0 saturated carbocycles. The molecular weight excluding hydrogens is 364 g/mol. The number of nitrogens with zero attached hydrogens (tertiary/aromatic N) is 1. The van der Waals surface area contributed by atoms with E-state index < -0.39 is 0 Å². The van der Waals surface area contributed by atoms with Crippen molar-refractivity contribution in [1.82, 2.24) is 10.2 Å². The monoisotopic (exact) mass is 394 g/mol. The molecule has 1 saturated heterocycles. The van der Waals surface area contributed by atoms with Gasteiger partial charge in [-0.25, -0.2) is 0 Å². The lowest BCUT2D eigenvalue weighted by Crippen LogP contribution is -2.40. The van der Waals surface area contributed by atoms with Gasteiger partial charge in [0.15, 0.2) is 11.5 Å². The maximum atomic E-state index is 12.9. The average Bonchev–Trinajstić information content (AvgIpc) is 2.72. The first-order chi connectivity index (χ1) is 13.5. The fourth-order valence-electron chi connectivity index (χ4n) is 3.35. The molecule has 1 aromatic carbocycles. The Balaban J connectivity index is 1.95. The highest BCUT2D eigenvalue weighted by atomic mass is 16.5. The van der Waals surface area contributed by atoms with E-state index in [1.54, 1.807) is 24.1 Å². The molecule has 0 atom stereocenters. The van der Waals surface area contributed by atoms with Gasteiger partial charge in [0.2, 0.25) is 11.7 Å². The van der Waals surface area contributed by atoms with E-state index in [2.05, 4.69) is 5.32 Å². The van der Waals surface area contributed by atoms with Gasteiger partial charge < -0.3 is 29.2 Å². The van der Waals surface area contributed by atoms with Gasteiger partial charge in [0, 0.05) is 38.7 Å². The summed E-state index contributed by atoms with van der Waals surface area (Å²) in [6.07, 6.45) is 2.08. The molecule has 1 heterocycles. The molecular formula is C20H30N2O6. The van der Waals surface area contributed by atoms with Crippen LogP contribution in [0.3, 0.4) is 0 Å². The van der Waals surface area contributed by atoms with E-state index in [-0.39, 0.29) is 17.7 Å². The standard InChI is InChI=1S/C20H30N2O6/c1-25-10-7-21-18(23)11-14-5-8-22(9-6-14)20(24)15-12-16(26-2)19(28-4)17(13-15)27-3/h12-14H,5-11H2,1-4H3,(H,21,23). The summed E-state index contributed by atoms with van der Waals surface area (Å²) < 4.78 is 20.9. The van der Waals surface area contributed by atoms with Crippen LogP contribution >= 0.6 is 0 Å². The lowest BCUT2D eigenvalue weighted by molar-refractivity contribution is -0.122. The number of piperidine rings is 1. The Bertz CT molecular complexity index is 646. The SMILES string of the molecule is COCCNC(=O)CC1CCN(C(=O)c2cc(OC)c(OC)c(OC)c2)CC1. The topological polar surface area (TPSA) is 86.3 Å². The second kappa shape index (κ2) is 10.8. The Kier molecular flexibility index (Phi) is 8.38. The Hall–Kier alpha value is -2.48. The van der Waals surface area contributed by atoms with E-state index in [1.807, 2.05) is 0 Å². The van der Waals surface area contributed by atoms with Crippen molar-refractivity contribution < 1.29 is 28.5 Å². The van der Waals surface area contributed by atoms with Gasteiger partial charge in [-0.1, -0.05) is 0 Å². The van der Waals surface area contributed by atoms with Crippen molar-refractivity contribution in [2.45, 2.75) is 19.3 Å². The number of hydrogen-bond acceptors (Lipinski definition) is 6. The predicted octanol–water partition coefficient (Wildman–Crippen LogP) is 1.72. The minimum absolute atomic E-state index is 0.0338. The number of ether oxygens (including phenoxy) is 4. The molecule has 1 aliphatic rings. The Morgan fingerprint density at radius 3 is 2.14 bits per heavy atom. The van der Waals surface area contributed by atoms with Gasteiger partial charge in [0.25, 0.3) is 5.91 Å². The highest BCUT2D eigenvalue weighted by Gasteiger charge is 2.26. The van der Waals surface area contributed by atoms with Crippen molar-refractivity contribution in [2.75, 3.05) is 54.7 Å². The fraction of sp³-hybridized carbons (Fsp3) is 0.600. The average molecular weight is 394 g/mol. The molecule has 2 amide bonds. The number of benzene rings is 1. The van der Waals surface area contributed by atoms with Crippen LogP contribution in [-0.4, -0.2) is 71.4 Å². The molecule has 1 fully saturated rings. The number of carbonyl (C=O) groups is 2. The number of likely N-dealkylation sites (tertiary alicyclic amines) is 1. The number of nitrogens with one attached hydrogen (secondary N) is 1. The molecule has 0 radical (unpaired) electrons. The van der Waals surface area contributed by atoms with E-state index in [4.69, 9.17) is 18.9 Å². The molecule has 0 unspecified atom stereocenters. The van der Waals surface area contributed by atoms with E-state index >= 15 is 0 Å². The number of rotatable bonds is 9. The lowest BCUT2D eigenvalue weighted by Gasteiger charge is -2.32. The third-order valence-electron chi connectivity index (χ3n) is 4.92. The second-order valence-corrected chi connectivity index (χ2v) is 6.70.